The van der Waals surface area contributed by atoms with Crippen molar-refractivity contribution >= 4 is 60.6 Å². The van der Waals surface area contributed by atoms with Crippen LogP contribution in [0, 0.1) is 0 Å². The Morgan fingerprint density at radius 1 is 1.10 bits per heavy atom. The summed E-state index contributed by atoms with van der Waals surface area (Å²) in [7, 11) is 0. The summed E-state index contributed by atoms with van der Waals surface area (Å²) >= 11 is 3.16. The number of nitrogens with zero attached hydrogens (tertiary/aromatic N) is 3. The van der Waals surface area contributed by atoms with Crippen molar-refractivity contribution in [2.75, 3.05) is 10.7 Å². The average Bonchev–Trinajstić information content (AvgIpc) is 3.14. The molecule has 8 heteroatoms. The molecule has 0 atom stereocenters. The van der Waals surface area contributed by atoms with E-state index in [-0.39, 0.29) is 0 Å². The molecule has 0 spiro atoms. The summed E-state index contributed by atoms with van der Waals surface area (Å²) in [5.41, 5.74) is 6.29. The topological polar surface area (TPSA) is 88.8 Å². The molecular weight excluding hydrogens is 304 g/mol. The predicted octanol–water partition coefficient (Wildman–Crippen LogP) is 3.33. The van der Waals surface area contributed by atoms with Crippen LogP contribution < -0.4 is 16.6 Å². The Kier molecular flexibility index (Phi) is 2.92. The summed E-state index contributed by atoms with van der Waals surface area (Å²) in [4.78, 5) is 13.9. The molecule has 1 aromatic carbocycles. The lowest BCUT2D eigenvalue weighted by atomic mass is 10.3. The number of thiophene rings is 1. The summed E-state index contributed by atoms with van der Waals surface area (Å²) in [5.74, 6) is 6.56. The van der Waals surface area contributed by atoms with Crippen molar-refractivity contribution < 1.29 is 0 Å². The molecule has 4 N–H and O–H groups in total. The Labute approximate surface area is 127 Å². The number of nitrogen functional groups attached to an aromatic ring is 1. The summed E-state index contributed by atoms with van der Waals surface area (Å²) in [6.45, 7) is 0. The maximum atomic E-state index is 5.43. The fourth-order valence-electron chi connectivity index (χ4n) is 2.08. The monoisotopic (exact) mass is 314 g/mol. The van der Waals surface area contributed by atoms with Crippen molar-refractivity contribution in [1.82, 2.24) is 15.0 Å². The van der Waals surface area contributed by atoms with Crippen molar-refractivity contribution in [3.05, 3.63) is 35.2 Å². The second-order valence-electron chi connectivity index (χ2n) is 4.34. The van der Waals surface area contributed by atoms with Crippen LogP contribution in [0.15, 0.2) is 35.2 Å². The van der Waals surface area contributed by atoms with Crippen LogP contribution in [0.4, 0.5) is 17.5 Å². The van der Waals surface area contributed by atoms with Crippen LogP contribution >= 0.6 is 22.7 Å². The number of aromatic nitrogens is 3. The van der Waals surface area contributed by atoms with E-state index in [9.17, 15) is 0 Å². The van der Waals surface area contributed by atoms with Gasteiger partial charge in [0.25, 0.3) is 0 Å². The number of anilines is 3. The largest absolute Gasteiger partial charge is 0.339 e. The zero-order chi connectivity index (χ0) is 14.2. The fourth-order valence-corrected chi connectivity index (χ4v) is 3.57. The quantitative estimate of drug-likeness (QED) is 0.397. The van der Waals surface area contributed by atoms with E-state index in [1.165, 1.54) is 0 Å². The van der Waals surface area contributed by atoms with E-state index in [0.29, 0.717) is 5.95 Å². The van der Waals surface area contributed by atoms with Crippen molar-refractivity contribution in [2.45, 2.75) is 0 Å². The van der Waals surface area contributed by atoms with Gasteiger partial charge in [0.2, 0.25) is 5.95 Å². The van der Waals surface area contributed by atoms with Gasteiger partial charge in [-0.2, -0.15) is 4.98 Å². The molecule has 0 fully saturated rings. The molecule has 0 unspecified atom stereocenters. The number of hydrazine groups is 1. The van der Waals surface area contributed by atoms with E-state index in [0.717, 1.165) is 31.9 Å². The van der Waals surface area contributed by atoms with Crippen molar-refractivity contribution in [3.8, 4) is 0 Å². The molecule has 3 heterocycles. The molecule has 0 aliphatic rings. The number of thiazole rings is 1. The third-order valence-corrected chi connectivity index (χ3v) is 4.65. The standard InChI is InChI=1S/C13H10N6S2/c14-19-13-17-11(8-3-4-20-12(8)18-13)16-7-1-2-9-10(5-7)21-6-15-9/h1-6H,14H2,(H2,16,17,18,19). The number of rotatable bonds is 3. The van der Waals surface area contributed by atoms with Crippen molar-refractivity contribution in [3.63, 3.8) is 0 Å². The van der Waals surface area contributed by atoms with Gasteiger partial charge in [0, 0.05) is 5.69 Å². The predicted molar refractivity (Wildman–Crippen MR) is 88.1 cm³/mol. The first-order valence-electron chi connectivity index (χ1n) is 6.15. The van der Waals surface area contributed by atoms with E-state index in [1.807, 2.05) is 29.1 Å². The molecule has 4 rings (SSSR count). The highest BCUT2D eigenvalue weighted by Crippen LogP contribution is 2.30. The van der Waals surface area contributed by atoms with Gasteiger partial charge in [-0.15, -0.1) is 22.7 Å². The third kappa shape index (κ3) is 2.19. The van der Waals surface area contributed by atoms with Crippen LogP contribution in [-0.2, 0) is 0 Å². The third-order valence-electron chi connectivity index (χ3n) is 3.05. The van der Waals surface area contributed by atoms with Crippen molar-refractivity contribution in [2.24, 2.45) is 5.84 Å². The zero-order valence-electron chi connectivity index (χ0n) is 10.7. The molecule has 3 aromatic heterocycles. The Morgan fingerprint density at radius 2 is 2.05 bits per heavy atom. The SMILES string of the molecule is NNc1nc(Nc2ccc3ncsc3c2)c2ccsc2n1. The Balaban J connectivity index is 1.80. The van der Waals surface area contributed by atoms with Gasteiger partial charge >= 0.3 is 0 Å². The highest BCUT2D eigenvalue weighted by molar-refractivity contribution is 7.17. The number of nitrogens with two attached hydrogens (primary N) is 1. The van der Waals surface area contributed by atoms with Gasteiger partial charge in [0.15, 0.2) is 0 Å². The molecule has 0 amide bonds. The summed E-state index contributed by atoms with van der Waals surface area (Å²) in [6, 6.07) is 8.02. The molecule has 104 valence electrons. The number of hydrogen-bond acceptors (Lipinski definition) is 8. The number of fused-ring (bicyclic) bond motifs is 2. The lowest BCUT2D eigenvalue weighted by molar-refractivity contribution is 1.16. The average molecular weight is 314 g/mol. The maximum Gasteiger partial charge on any atom is 0.240 e. The van der Waals surface area contributed by atoms with Crippen LogP contribution in [0.25, 0.3) is 20.4 Å². The van der Waals surface area contributed by atoms with Gasteiger partial charge < -0.3 is 5.32 Å². The van der Waals surface area contributed by atoms with E-state index < -0.39 is 0 Å². The zero-order valence-corrected chi connectivity index (χ0v) is 12.3. The van der Waals surface area contributed by atoms with Gasteiger partial charge in [-0.25, -0.2) is 15.8 Å². The second-order valence-corrected chi connectivity index (χ2v) is 6.12. The Bertz CT molecular complexity index is 929. The molecule has 0 saturated heterocycles. The van der Waals surface area contributed by atoms with Gasteiger partial charge in [-0.1, -0.05) is 0 Å². The number of hydrogen-bond donors (Lipinski definition) is 3. The van der Waals surface area contributed by atoms with Gasteiger partial charge in [-0.05, 0) is 29.6 Å². The van der Waals surface area contributed by atoms with Crippen LogP contribution in [-0.4, -0.2) is 15.0 Å². The molecule has 4 aromatic rings. The van der Waals surface area contributed by atoms with E-state index in [1.54, 1.807) is 22.7 Å². The molecule has 0 bridgehead atoms. The molecule has 0 aliphatic carbocycles. The molecule has 6 nitrogen and oxygen atoms in total. The summed E-state index contributed by atoms with van der Waals surface area (Å²) < 4.78 is 1.13. The first-order valence-corrected chi connectivity index (χ1v) is 7.91. The first-order chi connectivity index (χ1) is 10.3. The van der Waals surface area contributed by atoms with Gasteiger partial charge in [-0.3, -0.25) is 5.43 Å². The minimum absolute atomic E-state index is 0.395. The Morgan fingerprint density at radius 3 is 2.95 bits per heavy atom. The highest BCUT2D eigenvalue weighted by atomic mass is 32.1. The molecule has 0 radical (unpaired) electrons. The smallest absolute Gasteiger partial charge is 0.240 e. The maximum absolute atomic E-state index is 5.43. The highest BCUT2D eigenvalue weighted by Gasteiger charge is 2.09. The number of nitrogens with one attached hydrogen (secondary N) is 2. The van der Waals surface area contributed by atoms with Gasteiger partial charge in [0.1, 0.15) is 10.6 Å². The summed E-state index contributed by atoms with van der Waals surface area (Å²) in [6.07, 6.45) is 0. The molecule has 0 aliphatic heterocycles. The molecule has 21 heavy (non-hydrogen) atoms. The normalized spacial score (nSPS) is 11.1. The molecular formula is C13H10N6S2. The molecule has 0 saturated carbocycles. The minimum Gasteiger partial charge on any atom is -0.339 e. The van der Waals surface area contributed by atoms with Crippen LogP contribution in [0.3, 0.4) is 0 Å². The van der Waals surface area contributed by atoms with Crippen LogP contribution in [0.2, 0.25) is 0 Å². The fraction of sp³-hybridized carbons (Fsp3) is 0. The van der Waals surface area contributed by atoms with Crippen LogP contribution in [0.1, 0.15) is 0 Å². The minimum atomic E-state index is 0.395. The van der Waals surface area contributed by atoms with Gasteiger partial charge in [0.05, 0.1) is 21.1 Å². The summed E-state index contributed by atoms with van der Waals surface area (Å²) in [5, 5.41) is 6.29. The van der Waals surface area contributed by atoms with E-state index in [2.05, 4.69) is 31.8 Å². The van der Waals surface area contributed by atoms with E-state index >= 15 is 0 Å². The van der Waals surface area contributed by atoms with Crippen molar-refractivity contribution in [1.29, 1.82) is 0 Å². The number of benzene rings is 1. The lowest BCUT2D eigenvalue weighted by Crippen LogP contribution is -2.11. The Hall–Kier alpha value is -2.29. The lowest BCUT2D eigenvalue weighted by Gasteiger charge is -2.08. The first kappa shape index (κ1) is 12.5. The van der Waals surface area contributed by atoms with E-state index in [4.69, 9.17) is 5.84 Å². The van der Waals surface area contributed by atoms with Crippen LogP contribution in [0.5, 0.6) is 0 Å². The second kappa shape index (κ2) is 4.92.